The van der Waals surface area contributed by atoms with Gasteiger partial charge in [0.1, 0.15) is 23.6 Å². The normalized spacial score (nSPS) is 20.2. The van der Waals surface area contributed by atoms with Crippen molar-refractivity contribution in [3.63, 3.8) is 0 Å². The number of rotatable bonds is 18. The van der Waals surface area contributed by atoms with Gasteiger partial charge in [0, 0.05) is 25.6 Å². The number of benzene rings is 1. The summed E-state index contributed by atoms with van der Waals surface area (Å²) >= 11 is 0. The maximum absolute atomic E-state index is 15.2. The van der Waals surface area contributed by atoms with Crippen molar-refractivity contribution in [3.8, 4) is 0 Å². The maximum atomic E-state index is 15.2. The molecule has 1 aliphatic carbocycles. The fraction of sp³-hybridized carbons (Fsp3) is 0.632. The third-order valence-electron chi connectivity index (χ3n) is 10.5. The molecule has 6 N–H and O–H groups in total. The lowest BCUT2D eigenvalue weighted by atomic mass is 9.87. The fourth-order valence-corrected chi connectivity index (χ4v) is 9.95. The molecule has 2 aromatic rings. The minimum Gasteiger partial charge on any atom is -0.370 e. The number of nitrogens with one attached hydrogen (secondary N) is 4. The van der Waals surface area contributed by atoms with E-state index in [1.165, 1.54) is 13.2 Å². The number of pyridine rings is 1. The average Bonchev–Trinajstić information content (AvgIpc) is 3.66. The van der Waals surface area contributed by atoms with E-state index in [1.54, 1.807) is 22.9 Å². The Balaban J connectivity index is 1.60. The number of para-hydroxylation sites is 1. The molecule has 2 fully saturated rings. The lowest BCUT2D eigenvalue weighted by Crippen LogP contribution is -2.56. The summed E-state index contributed by atoms with van der Waals surface area (Å²) in [6.45, 7) is 8.57. The van der Waals surface area contributed by atoms with Crippen molar-refractivity contribution in [1.29, 1.82) is 0 Å². The van der Waals surface area contributed by atoms with Gasteiger partial charge in [-0.2, -0.15) is 0 Å². The second-order valence-corrected chi connectivity index (χ2v) is 17.6. The van der Waals surface area contributed by atoms with Crippen LogP contribution in [0.2, 0.25) is 0 Å². The summed E-state index contributed by atoms with van der Waals surface area (Å²) in [6.07, 6.45) is 6.18. The highest BCUT2D eigenvalue weighted by molar-refractivity contribution is 7.57. The zero-order valence-electron chi connectivity index (χ0n) is 31.8. The molecule has 4 rings (SSSR count). The van der Waals surface area contributed by atoms with Gasteiger partial charge in [-0.1, -0.05) is 90.5 Å². The number of fused-ring (bicyclic) bond motifs is 1. The summed E-state index contributed by atoms with van der Waals surface area (Å²) in [5, 5.41) is 12.2. The first-order valence-corrected chi connectivity index (χ1v) is 20.7. The van der Waals surface area contributed by atoms with Crippen LogP contribution < -0.4 is 27.0 Å². The summed E-state index contributed by atoms with van der Waals surface area (Å²) < 4.78 is 22.7. The van der Waals surface area contributed by atoms with Crippen molar-refractivity contribution >= 4 is 48.0 Å². The molecule has 0 spiro atoms. The van der Waals surface area contributed by atoms with Gasteiger partial charge in [-0.15, -0.1) is 0 Å². The van der Waals surface area contributed by atoms with Crippen LogP contribution in [-0.4, -0.2) is 83.3 Å². The van der Waals surface area contributed by atoms with Gasteiger partial charge in [-0.05, 0) is 49.1 Å². The van der Waals surface area contributed by atoms with E-state index in [-0.39, 0.29) is 35.9 Å². The number of nitrogens with two attached hydrogens (primary N) is 1. The SMILES string of the molecule is CC[C@H](C)[C@H](NC(=O)[C@@H]1CCCN1P(=O)(OC)C(CC1CCCCC1)NC(=O)[C@@H](CC(N)=O)NC(=O)c1ccc2ccccc2n1)C(=O)NCC(C)C. The molecule has 15 heteroatoms. The molecule has 6 atom stereocenters. The molecular weight excluding hydrogens is 697 g/mol. The molecule has 53 heavy (non-hydrogen) atoms. The van der Waals surface area contributed by atoms with E-state index in [0.29, 0.717) is 37.7 Å². The van der Waals surface area contributed by atoms with E-state index in [2.05, 4.69) is 26.3 Å². The highest BCUT2D eigenvalue weighted by Gasteiger charge is 2.49. The molecular formula is C38H58N7O7P. The van der Waals surface area contributed by atoms with E-state index in [9.17, 15) is 24.0 Å². The lowest BCUT2D eigenvalue weighted by Gasteiger charge is -2.39. The third kappa shape index (κ3) is 11.1. The summed E-state index contributed by atoms with van der Waals surface area (Å²) in [6, 6.07) is 7.47. The van der Waals surface area contributed by atoms with Crippen molar-refractivity contribution in [2.24, 2.45) is 23.5 Å². The molecule has 2 unspecified atom stereocenters. The first-order valence-electron chi connectivity index (χ1n) is 19.0. The van der Waals surface area contributed by atoms with Crippen molar-refractivity contribution in [3.05, 3.63) is 42.1 Å². The number of carbonyl (C=O) groups excluding carboxylic acids is 5. The van der Waals surface area contributed by atoms with Gasteiger partial charge in [-0.25, -0.2) is 9.65 Å². The summed E-state index contributed by atoms with van der Waals surface area (Å²) in [5.74, 6) is -3.84. The van der Waals surface area contributed by atoms with Crippen LogP contribution in [0.5, 0.6) is 0 Å². The van der Waals surface area contributed by atoms with Gasteiger partial charge in [-0.3, -0.25) is 28.5 Å². The van der Waals surface area contributed by atoms with Crippen LogP contribution in [-0.2, 0) is 28.3 Å². The van der Waals surface area contributed by atoms with Gasteiger partial charge < -0.3 is 31.5 Å². The third-order valence-corrected chi connectivity index (χ3v) is 13.3. The Kier molecular flexibility index (Phi) is 15.4. The first-order chi connectivity index (χ1) is 25.3. The maximum Gasteiger partial charge on any atom is 0.294 e. The van der Waals surface area contributed by atoms with E-state index in [0.717, 1.165) is 37.5 Å². The van der Waals surface area contributed by atoms with Crippen molar-refractivity contribution in [2.45, 2.75) is 116 Å². The number of primary amides is 1. The monoisotopic (exact) mass is 755 g/mol. The molecule has 1 aliphatic heterocycles. The Bertz CT molecular complexity index is 1650. The highest BCUT2D eigenvalue weighted by Crippen LogP contribution is 2.59. The number of carbonyl (C=O) groups is 5. The Morgan fingerprint density at radius 3 is 2.32 bits per heavy atom. The Labute approximate surface area is 313 Å². The number of amides is 5. The molecule has 1 saturated heterocycles. The molecule has 292 valence electrons. The molecule has 0 bridgehead atoms. The Morgan fingerprint density at radius 1 is 0.943 bits per heavy atom. The zero-order valence-corrected chi connectivity index (χ0v) is 32.7. The molecule has 5 amide bonds. The van der Waals surface area contributed by atoms with Crippen LogP contribution in [0.25, 0.3) is 10.9 Å². The Hall–Kier alpha value is -3.87. The summed E-state index contributed by atoms with van der Waals surface area (Å²) in [4.78, 5) is 71.2. The van der Waals surface area contributed by atoms with Crippen LogP contribution in [0.4, 0.5) is 0 Å². The minimum atomic E-state index is -4.01. The smallest absolute Gasteiger partial charge is 0.294 e. The van der Waals surface area contributed by atoms with Crippen LogP contribution in [0.15, 0.2) is 36.4 Å². The quantitative estimate of drug-likeness (QED) is 0.138. The number of hydrogen-bond acceptors (Lipinski definition) is 8. The predicted molar refractivity (Wildman–Crippen MR) is 204 cm³/mol. The van der Waals surface area contributed by atoms with Crippen LogP contribution in [0.1, 0.15) is 102 Å². The van der Waals surface area contributed by atoms with Crippen LogP contribution in [0, 0.1) is 17.8 Å². The van der Waals surface area contributed by atoms with Gasteiger partial charge in [0.25, 0.3) is 13.4 Å². The molecule has 2 heterocycles. The lowest BCUT2D eigenvalue weighted by molar-refractivity contribution is -0.132. The highest BCUT2D eigenvalue weighted by atomic mass is 31.2. The molecule has 1 aromatic heterocycles. The van der Waals surface area contributed by atoms with E-state index >= 15 is 4.57 Å². The molecule has 14 nitrogen and oxygen atoms in total. The summed E-state index contributed by atoms with van der Waals surface area (Å²) in [7, 11) is -2.70. The van der Waals surface area contributed by atoms with Gasteiger partial charge in [0.05, 0.1) is 18.0 Å². The standard InChI is InChI=1S/C38H58N7O7P/c1-6-25(4)34(38(50)40-23-24(2)3)44-37(49)31-17-12-20-45(31)53(51,52-5)33(21-26-13-8-7-9-14-26)43-36(48)30(22-32(39)46)42-35(47)29-19-18-27-15-10-11-16-28(27)41-29/h10-11,15-16,18-19,24-26,30-31,33-34H,6-9,12-14,17,20-23H2,1-5H3,(H2,39,46)(H,40,50)(H,42,47)(H,43,48)(H,44,49)/t25-,30+,31-,33?,34-,53?/m0/s1. The molecule has 0 radical (unpaired) electrons. The van der Waals surface area contributed by atoms with Crippen molar-refractivity contribution < 1.29 is 33.1 Å². The van der Waals surface area contributed by atoms with Crippen molar-refractivity contribution in [2.75, 3.05) is 20.2 Å². The first kappa shape index (κ1) is 41.9. The zero-order chi connectivity index (χ0) is 38.7. The number of aromatic nitrogens is 1. The molecule has 2 aliphatic rings. The van der Waals surface area contributed by atoms with Gasteiger partial charge in [0.15, 0.2) is 0 Å². The van der Waals surface area contributed by atoms with Gasteiger partial charge >= 0.3 is 0 Å². The predicted octanol–water partition coefficient (Wildman–Crippen LogP) is 4.23. The van der Waals surface area contributed by atoms with E-state index in [1.807, 2.05) is 39.8 Å². The largest absolute Gasteiger partial charge is 0.370 e. The van der Waals surface area contributed by atoms with E-state index in [4.69, 9.17) is 10.3 Å². The Morgan fingerprint density at radius 2 is 1.66 bits per heavy atom. The van der Waals surface area contributed by atoms with Gasteiger partial charge in [0.2, 0.25) is 23.6 Å². The molecule has 1 saturated carbocycles. The van der Waals surface area contributed by atoms with Crippen molar-refractivity contribution in [1.82, 2.24) is 30.9 Å². The minimum absolute atomic E-state index is 0.0480. The topological polar surface area (TPSA) is 202 Å². The summed E-state index contributed by atoms with van der Waals surface area (Å²) in [5.41, 5.74) is 6.17. The molecule has 1 aromatic carbocycles. The van der Waals surface area contributed by atoms with Crippen LogP contribution in [0.3, 0.4) is 0 Å². The fourth-order valence-electron chi connectivity index (χ4n) is 7.24. The second kappa shape index (κ2) is 19.5. The van der Waals surface area contributed by atoms with E-state index < -0.39 is 61.5 Å². The second-order valence-electron chi connectivity index (χ2n) is 14.9. The van der Waals surface area contributed by atoms with Crippen LogP contribution >= 0.6 is 7.52 Å². The average molecular weight is 756 g/mol. The number of hydrogen-bond donors (Lipinski definition) is 5. The number of nitrogens with zero attached hydrogens (tertiary/aromatic N) is 2.